The van der Waals surface area contributed by atoms with E-state index in [0.29, 0.717) is 0 Å². The Hall–Kier alpha value is -1.78. The van der Waals surface area contributed by atoms with E-state index in [4.69, 9.17) is 5.73 Å². The first-order valence-corrected chi connectivity index (χ1v) is 9.47. The molecule has 4 N–H and O–H groups in total. The van der Waals surface area contributed by atoms with Gasteiger partial charge in [-0.05, 0) is 0 Å². The van der Waals surface area contributed by atoms with E-state index in [1.54, 1.807) is 0 Å². The van der Waals surface area contributed by atoms with Crippen molar-refractivity contribution in [3.63, 3.8) is 0 Å². The summed E-state index contributed by atoms with van der Waals surface area (Å²) in [4.78, 5) is 44.0. The summed E-state index contributed by atoms with van der Waals surface area (Å²) in [6.45, 7) is 0.813. The number of nitrogens with two attached hydrogens (primary N) is 1. The maximum Gasteiger partial charge on any atom is 1.00 e. The van der Waals surface area contributed by atoms with Crippen molar-refractivity contribution < 1.29 is 61.7 Å². The molecule has 1 saturated heterocycles. The Morgan fingerprint density at radius 1 is 1.50 bits per heavy atom. The minimum atomic E-state index is -5.11. The van der Waals surface area contributed by atoms with E-state index >= 15 is 0 Å². The quantitative estimate of drug-likeness (QED) is 0.121. The number of nitrogens with one attached hydrogen (secondary N) is 2. The summed E-state index contributed by atoms with van der Waals surface area (Å²) in [7, 11) is -3.93. The van der Waals surface area contributed by atoms with Gasteiger partial charge in [0.15, 0.2) is 21.1 Å². The zero-order valence-corrected chi connectivity index (χ0v) is 18.7. The van der Waals surface area contributed by atoms with Crippen molar-refractivity contribution in [1.29, 1.82) is 0 Å². The van der Waals surface area contributed by atoms with Crippen LogP contribution in [0.25, 0.3) is 0 Å². The van der Waals surface area contributed by atoms with Gasteiger partial charge in [0.2, 0.25) is 5.91 Å². The predicted molar refractivity (Wildman–Crippen MR) is 91.0 cm³/mol. The number of amides is 3. The number of aromatic nitrogens is 1. The van der Waals surface area contributed by atoms with Crippen LogP contribution < -0.4 is 45.9 Å². The number of hydrogen-bond donors (Lipinski definition) is 3. The second-order valence-electron chi connectivity index (χ2n) is 5.24. The zero-order chi connectivity index (χ0) is 20.4. The van der Waals surface area contributed by atoms with Crippen molar-refractivity contribution in [3.8, 4) is 0 Å². The summed E-state index contributed by atoms with van der Waals surface area (Å²) in [5.74, 6) is -2.55. The molecule has 2 rings (SSSR count). The van der Waals surface area contributed by atoms with Crippen LogP contribution in [0.15, 0.2) is 10.5 Å². The zero-order valence-electron chi connectivity index (χ0n) is 15.0. The Bertz CT molecular complexity index is 902. The third kappa shape index (κ3) is 5.39. The standard InChI is InChI=1S/C12H16N6O7S2.Na/c1-5(19)14-3-7-9(11(21)18(7)27(22,23)24)16-10(20)8(17-25-2)6-4-26-12(13)15-6;/h4,7,9H,3H2,1-2H3,(H2,13,15)(H,14,19)(H,16,20)(H,22,23,24);/q;+1/p-1/b17-8-;/t7-,9+;/m0./s1. The summed E-state index contributed by atoms with van der Waals surface area (Å²) >= 11 is 1.04. The fourth-order valence-corrected chi connectivity index (χ4v) is 3.71. The average Bonchev–Trinajstić information content (AvgIpc) is 2.98. The number of carbonyl (C=O) groups is 3. The van der Waals surface area contributed by atoms with Crippen LogP contribution in [0.2, 0.25) is 0 Å². The van der Waals surface area contributed by atoms with Gasteiger partial charge >= 0.3 is 29.6 Å². The van der Waals surface area contributed by atoms with Gasteiger partial charge in [-0.3, -0.25) is 14.4 Å². The maximum atomic E-state index is 12.4. The molecule has 0 aliphatic carbocycles. The van der Waals surface area contributed by atoms with Crippen LogP contribution in [-0.4, -0.2) is 71.4 Å². The van der Waals surface area contributed by atoms with Crippen LogP contribution in [0.3, 0.4) is 0 Å². The van der Waals surface area contributed by atoms with E-state index < -0.39 is 40.1 Å². The number of thiazole rings is 1. The molecule has 1 aromatic rings. The van der Waals surface area contributed by atoms with Gasteiger partial charge in [-0.25, -0.2) is 17.7 Å². The Morgan fingerprint density at radius 2 is 2.14 bits per heavy atom. The van der Waals surface area contributed by atoms with Crippen LogP contribution in [-0.2, 0) is 29.5 Å². The van der Waals surface area contributed by atoms with Crippen molar-refractivity contribution in [1.82, 2.24) is 19.9 Å². The van der Waals surface area contributed by atoms with Gasteiger partial charge in [0, 0.05) is 18.8 Å². The number of rotatable bonds is 7. The summed E-state index contributed by atoms with van der Waals surface area (Å²) in [5, 5.41) is 9.68. The molecule has 0 unspecified atom stereocenters. The molecule has 0 saturated carbocycles. The van der Waals surface area contributed by atoms with Crippen molar-refractivity contribution in [2.24, 2.45) is 5.16 Å². The number of hydrogen-bond acceptors (Lipinski definition) is 11. The largest absolute Gasteiger partial charge is 1.00 e. The monoisotopic (exact) mass is 442 g/mol. The van der Waals surface area contributed by atoms with E-state index in [-0.39, 0.29) is 56.9 Å². The van der Waals surface area contributed by atoms with Gasteiger partial charge in [0.05, 0.1) is 6.04 Å². The Morgan fingerprint density at radius 3 is 2.61 bits per heavy atom. The van der Waals surface area contributed by atoms with Crippen molar-refractivity contribution >= 4 is 50.2 Å². The molecule has 2 atom stereocenters. The second kappa shape index (κ2) is 9.62. The van der Waals surface area contributed by atoms with Gasteiger partial charge in [-0.15, -0.1) is 11.3 Å². The first-order valence-electron chi connectivity index (χ1n) is 7.23. The van der Waals surface area contributed by atoms with Gasteiger partial charge < -0.3 is 25.8 Å². The molecule has 2 heterocycles. The molecule has 1 aliphatic heterocycles. The number of oxime groups is 1. The van der Waals surface area contributed by atoms with Gasteiger partial charge in [0.25, 0.3) is 11.8 Å². The Balaban J connectivity index is 0.00000392. The molecular weight excluding hydrogens is 427 g/mol. The molecule has 0 bridgehead atoms. The molecule has 0 radical (unpaired) electrons. The molecule has 3 amide bonds. The van der Waals surface area contributed by atoms with E-state index in [1.807, 2.05) is 0 Å². The molecule has 1 fully saturated rings. The molecule has 28 heavy (non-hydrogen) atoms. The Kier molecular flexibility index (Phi) is 8.33. The Labute approximate surface area is 185 Å². The number of nitrogen functional groups attached to an aromatic ring is 1. The van der Waals surface area contributed by atoms with Crippen molar-refractivity contribution in [2.75, 3.05) is 19.4 Å². The van der Waals surface area contributed by atoms with Crippen LogP contribution in [0.5, 0.6) is 0 Å². The van der Waals surface area contributed by atoms with Crippen molar-refractivity contribution in [3.05, 3.63) is 11.1 Å². The molecule has 13 nitrogen and oxygen atoms in total. The molecule has 16 heteroatoms. The molecule has 148 valence electrons. The first kappa shape index (κ1) is 24.3. The number of anilines is 1. The third-order valence-electron chi connectivity index (χ3n) is 3.42. The van der Waals surface area contributed by atoms with Gasteiger partial charge in [0.1, 0.15) is 18.8 Å². The molecular formula is C12H15N6NaO7S2. The molecule has 1 aromatic heterocycles. The van der Waals surface area contributed by atoms with Crippen LogP contribution >= 0.6 is 11.3 Å². The van der Waals surface area contributed by atoms with Crippen LogP contribution in [0.4, 0.5) is 5.13 Å². The number of carbonyl (C=O) groups excluding carboxylic acids is 3. The molecule has 1 aliphatic rings. The topological polar surface area (TPSA) is 196 Å². The van der Waals surface area contributed by atoms with Gasteiger partial charge in [-0.2, -0.15) is 0 Å². The molecule has 0 spiro atoms. The molecule has 0 aromatic carbocycles. The summed E-state index contributed by atoms with van der Waals surface area (Å²) < 4.78 is 33.7. The van der Waals surface area contributed by atoms with Gasteiger partial charge in [-0.1, -0.05) is 5.16 Å². The number of β-lactam (4-membered cyclic amide) rings is 1. The SMILES string of the molecule is CO/N=C(\C(=O)N[C@H]1C(=O)N(S(=O)(=O)[O-])[C@H]1CNC(C)=O)c1csc(N)n1.[Na+]. The van der Waals surface area contributed by atoms with E-state index in [2.05, 4.69) is 25.6 Å². The smallest absolute Gasteiger partial charge is 0.731 e. The minimum Gasteiger partial charge on any atom is -0.731 e. The van der Waals surface area contributed by atoms with E-state index in [9.17, 15) is 27.4 Å². The van der Waals surface area contributed by atoms with Crippen LogP contribution in [0.1, 0.15) is 12.6 Å². The minimum absolute atomic E-state index is 0. The van der Waals surface area contributed by atoms with Crippen molar-refractivity contribution in [2.45, 2.75) is 19.0 Å². The predicted octanol–water partition coefficient (Wildman–Crippen LogP) is -5.63. The number of nitrogens with zero attached hydrogens (tertiary/aromatic N) is 3. The normalized spacial score (nSPS) is 19.3. The fraction of sp³-hybridized carbons (Fsp3) is 0.417. The summed E-state index contributed by atoms with van der Waals surface area (Å²) in [6, 6.07) is -2.65. The maximum absolute atomic E-state index is 12.4. The fourth-order valence-electron chi connectivity index (χ4n) is 2.30. The average molecular weight is 442 g/mol. The summed E-state index contributed by atoms with van der Waals surface area (Å²) in [5.41, 5.74) is 5.28. The van der Waals surface area contributed by atoms with E-state index in [1.165, 1.54) is 19.4 Å². The van der Waals surface area contributed by atoms with Crippen LogP contribution in [0, 0.1) is 0 Å². The summed E-state index contributed by atoms with van der Waals surface area (Å²) in [6.07, 6.45) is 0. The van der Waals surface area contributed by atoms with E-state index in [0.717, 1.165) is 11.3 Å². The first-order chi connectivity index (χ1) is 12.6. The second-order valence-corrected chi connectivity index (χ2v) is 7.38. The third-order valence-corrected chi connectivity index (χ3v) is 5.03.